The molecule has 1 saturated heterocycles. The molecule has 0 N–H and O–H groups in total. The molecule has 164 valence electrons. The van der Waals surface area contributed by atoms with Gasteiger partial charge in [-0.05, 0) is 61.6 Å². The molecule has 2 aromatic carbocycles. The SMILES string of the molecule is COc1ccccc1N1CCCc2ncc(C(=O)N3CCC[C@@H]3c3ccc(F)cc3)cc21. The van der Waals surface area contributed by atoms with Gasteiger partial charge in [0, 0.05) is 19.3 Å². The number of ether oxygens (including phenoxy) is 1. The van der Waals surface area contributed by atoms with E-state index in [9.17, 15) is 9.18 Å². The van der Waals surface area contributed by atoms with E-state index in [1.165, 1.54) is 12.1 Å². The number of anilines is 2. The number of fused-ring (bicyclic) bond motifs is 1. The van der Waals surface area contributed by atoms with E-state index in [1.807, 2.05) is 35.2 Å². The lowest BCUT2D eigenvalue weighted by atomic mass is 10.0. The second-order valence-corrected chi connectivity index (χ2v) is 8.32. The van der Waals surface area contributed by atoms with E-state index in [0.29, 0.717) is 12.1 Å². The summed E-state index contributed by atoms with van der Waals surface area (Å²) in [6, 6.07) is 16.3. The molecule has 1 atom stereocenters. The van der Waals surface area contributed by atoms with Crippen molar-refractivity contribution in [1.29, 1.82) is 0 Å². The van der Waals surface area contributed by atoms with Gasteiger partial charge in [0.05, 0.1) is 35.8 Å². The van der Waals surface area contributed by atoms with Crippen LogP contribution in [0.25, 0.3) is 0 Å². The number of para-hydroxylation sites is 2. The van der Waals surface area contributed by atoms with Gasteiger partial charge in [0.15, 0.2) is 0 Å². The number of pyridine rings is 1. The number of carbonyl (C=O) groups is 1. The molecule has 1 fully saturated rings. The predicted molar refractivity (Wildman–Crippen MR) is 122 cm³/mol. The molecule has 2 aliphatic rings. The van der Waals surface area contributed by atoms with E-state index < -0.39 is 0 Å². The summed E-state index contributed by atoms with van der Waals surface area (Å²) in [6.45, 7) is 1.53. The van der Waals surface area contributed by atoms with Gasteiger partial charge in [-0.3, -0.25) is 9.78 Å². The third-order valence-electron chi connectivity index (χ3n) is 6.42. The first-order valence-electron chi connectivity index (χ1n) is 11.1. The van der Waals surface area contributed by atoms with Crippen molar-refractivity contribution in [3.8, 4) is 5.75 Å². The summed E-state index contributed by atoms with van der Waals surface area (Å²) in [6.07, 6.45) is 5.39. The van der Waals surface area contributed by atoms with Crippen LogP contribution >= 0.6 is 0 Å². The number of carbonyl (C=O) groups excluding carboxylic acids is 1. The zero-order valence-corrected chi connectivity index (χ0v) is 18.1. The third kappa shape index (κ3) is 3.70. The van der Waals surface area contributed by atoms with Gasteiger partial charge in [-0.25, -0.2) is 4.39 Å². The Morgan fingerprint density at radius 2 is 1.88 bits per heavy atom. The fraction of sp³-hybridized carbons (Fsp3) is 0.308. The molecule has 32 heavy (non-hydrogen) atoms. The van der Waals surface area contributed by atoms with Gasteiger partial charge in [0.2, 0.25) is 0 Å². The average Bonchev–Trinajstić information content (AvgIpc) is 3.33. The summed E-state index contributed by atoms with van der Waals surface area (Å²) in [5.74, 6) is 0.505. The van der Waals surface area contributed by atoms with Crippen LogP contribution in [-0.4, -0.2) is 36.0 Å². The number of nitrogens with zero attached hydrogens (tertiary/aromatic N) is 3. The minimum Gasteiger partial charge on any atom is -0.495 e. The maximum Gasteiger partial charge on any atom is 0.256 e. The Balaban J connectivity index is 1.47. The number of rotatable bonds is 4. The molecule has 1 aromatic heterocycles. The molecule has 0 unspecified atom stereocenters. The quantitative estimate of drug-likeness (QED) is 0.563. The first kappa shape index (κ1) is 20.5. The molecule has 0 aliphatic carbocycles. The Labute approximate surface area is 187 Å². The van der Waals surface area contributed by atoms with Gasteiger partial charge in [-0.1, -0.05) is 24.3 Å². The van der Waals surface area contributed by atoms with E-state index in [2.05, 4.69) is 9.88 Å². The maximum absolute atomic E-state index is 13.5. The van der Waals surface area contributed by atoms with Gasteiger partial charge in [0.1, 0.15) is 11.6 Å². The number of halogens is 1. The van der Waals surface area contributed by atoms with Crippen LogP contribution in [0, 0.1) is 5.82 Å². The topological polar surface area (TPSA) is 45.7 Å². The van der Waals surface area contributed by atoms with Crippen LogP contribution in [-0.2, 0) is 6.42 Å². The van der Waals surface area contributed by atoms with Crippen molar-refractivity contribution in [2.45, 2.75) is 31.7 Å². The standard InChI is InChI=1S/C26H26FN3O2/c1-32-25-9-3-2-7-23(25)29-14-4-6-21-24(29)16-19(17-28-21)26(31)30-15-5-8-22(30)18-10-12-20(27)13-11-18/h2-3,7,9-13,16-17,22H,4-6,8,14-15H2,1H3/t22-/m1/s1. The summed E-state index contributed by atoms with van der Waals surface area (Å²) >= 11 is 0. The van der Waals surface area contributed by atoms with Crippen molar-refractivity contribution in [2.24, 2.45) is 0 Å². The van der Waals surface area contributed by atoms with E-state index in [-0.39, 0.29) is 17.8 Å². The molecule has 2 aliphatic heterocycles. The largest absolute Gasteiger partial charge is 0.495 e. The maximum atomic E-state index is 13.5. The van der Waals surface area contributed by atoms with Crippen LogP contribution in [0.4, 0.5) is 15.8 Å². The number of benzene rings is 2. The predicted octanol–water partition coefficient (Wildman–Crippen LogP) is 5.29. The Hall–Kier alpha value is -3.41. The lowest BCUT2D eigenvalue weighted by Crippen LogP contribution is -2.31. The van der Waals surface area contributed by atoms with Crippen molar-refractivity contribution in [2.75, 3.05) is 25.1 Å². The van der Waals surface area contributed by atoms with E-state index in [0.717, 1.165) is 60.6 Å². The summed E-state index contributed by atoms with van der Waals surface area (Å²) in [5, 5.41) is 0. The lowest BCUT2D eigenvalue weighted by molar-refractivity contribution is 0.0735. The van der Waals surface area contributed by atoms with Crippen LogP contribution in [0.15, 0.2) is 60.8 Å². The van der Waals surface area contributed by atoms with E-state index >= 15 is 0 Å². The number of aryl methyl sites for hydroxylation is 1. The fourth-order valence-electron chi connectivity index (χ4n) is 4.86. The fourth-order valence-corrected chi connectivity index (χ4v) is 4.86. The molecule has 0 saturated carbocycles. The van der Waals surface area contributed by atoms with Crippen LogP contribution in [0.2, 0.25) is 0 Å². The minimum absolute atomic E-state index is 0.0299. The van der Waals surface area contributed by atoms with Crippen LogP contribution < -0.4 is 9.64 Å². The second kappa shape index (κ2) is 8.61. The smallest absolute Gasteiger partial charge is 0.256 e. The number of hydrogen-bond donors (Lipinski definition) is 0. The molecular weight excluding hydrogens is 405 g/mol. The highest BCUT2D eigenvalue weighted by Crippen LogP contribution is 2.39. The molecule has 0 spiro atoms. The van der Waals surface area contributed by atoms with E-state index in [4.69, 9.17) is 4.74 Å². The van der Waals surface area contributed by atoms with Gasteiger partial charge in [0.25, 0.3) is 5.91 Å². The van der Waals surface area contributed by atoms with Crippen molar-refractivity contribution >= 4 is 17.3 Å². The van der Waals surface area contributed by atoms with Crippen LogP contribution in [0.1, 0.15) is 46.9 Å². The molecule has 3 heterocycles. The molecule has 0 bridgehead atoms. The molecule has 5 rings (SSSR count). The van der Waals surface area contributed by atoms with Crippen LogP contribution in [0.3, 0.4) is 0 Å². The number of methoxy groups -OCH3 is 1. The normalized spacial score (nSPS) is 17.9. The van der Waals surface area contributed by atoms with Crippen molar-refractivity contribution in [3.05, 3.63) is 83.4 Å². The number of likely N-dealkylation sites (tertiary alicyclic amines) is 1. The Kier molecular flexibility index (Phi) is 5.52. The molecule has 6 heteroatoms. The first-order valence-corrected chi connectivity index (χ1v) is 11.1. The molecule has 5 nitrogen and oxygen atoms in total. The summed E-state index contributed by atoms with van der Waals surface area (Å²) in [5.41, 5.74) is 4.49. The number of aromatic nitrogens is 1. The number of amides is 1. The minimum atomic E-state index is -0.264. The Morgan fingerprint density at radius 1 is 1.06 bits per heavy atom. The van der Waals surface area contributed by atoms with Crippen molar-refractivity contribution < 1.29 is 13.9 Å². The van der Waals surface area contributed by atoms with Gasteiger partial charge < -0.3 is 14.5 Å². The summed E-state index contributed by atoms with van der Waals surface area (Å²) in [7, 11) is 1.67. The Morgan fingerprint density at radius 3 is 2.69 bits per heavy atom. The highest BCUT2D eigenvalue weighted by atomic mass is 19.1. The zero-order chi connectivity index (χ0) is 22.1. The first-order chi connectivity index (χ1) is 15.7. The molecule has 0 radical (unpaired) electrons. The number of hydrogen-bond acceptors (Lipinski definition) is 4. The monoisotopic (exact) mass is 431 g/mol. The molecule has 1 amide bonds. The van der Waals surface area contributed by atoms with Crippen molar-refractivity contribution in [1.82, 2.24) is 9.88 Å². The van der Waals surface area contributed by atoms with Crippen molar-refractivity contribution in [3.63, 3.8) is 0 Å². The lowest BCUT2D eigenvalue weighted by Gasteiger charge is -2.32. The summed E-state index contributed by atoms with van der Waals surface area (Å²) < 4.78 is 19.0. The zero-order valence-electron chi connectivity index (χ0n) is 18.1. The highest BCUT2D eigenvalue weighted by molar-refractivity contribution is 5.96. The van der Waals surface area contributed by atoms with Gasteiger partial charge in [-0.15, -0.1) is 0 Å². The Bertz CT molecular complexity index is 1130. The second-order valence-electron chi connectivity index (χ2n) is 8.32. The van der Waals surface area contributed by atoms with Gasteiger partial charge in [-0.2, -0.15) is 0 Å². The molecular formula is C26H26FN3O2. The van der Waals surface area contributed by atoms with E-state index in [1.54, 1.807) is 25.4 Å². The third-order valence-corrected chi connectivity index (χ3v) is 6.42. The average molecular weight is 432 g/mol. The van der Waals surface area contributed by atoms with Crippen LogP contribution in [0.5, 0.6) is 5.75 Å². The highest BCUT2D eigenvalue weighted by Gasteiger charge is 2.32. The van der Waals surface area contributed by atoms with Gasteiger partial charge >= 0.3 is 0 Å². The molecule has 3 aromatic rings. The summed E-state index contributed by atoms with van der Waals surface area (Å²) in [4.78, 5) is 22.3.